The number of carboxylic acid groups (broad SMARTS) is 1. The molecule has 0 bridgehead atoms. The Hall–Kier alpha value is -5.92. The average molecular weight is 752 g/mol. The van der Waals surface area contributed by atoms with E-state index in [1.165, 1.54) is 53.7 Å². The zero-order chi connectivity index (χ0) is 37.6. The van der Waals surface area contributed by atoms with Crippen LogP contribution in [0.15, 0.2) is 188 Å². The van der Waals surface area contributed by atoms with E-state index in [0.717, 1.165) is 10.8 Å². The van der Waals surface area contributed by atoms with Crippen molar-refractivity contribution in [2.45, 2.75) is 19.3 Å². The van der Waals surface area contributed by atoms with Gasteiger partial charge in [-0.1, -0.05) is 176 Å². The second kappa shape index (κ2) is 16.6. The zero-order valence-electron chi connectivity index (χ0n) is 30.2. The number of benzene rings is 8. The Balaban J connectivity index is 1.43. The number of hydrogen-bond donors (Lipinski definition) is 2. The maximum Gasteiger partial charge on any atom is 0.303 e. The summed E-state index contributed by atoms with van der Waals surface area (Å²) in [7, 11) is -1.98. The molecule has 0 saturated heterocycles. The van der Waals surface area contributed by atoms with Gasteiger partial charge in [-0.3, -0.25) is 9.59 Å². The predicted molar refractivity (Wildman–Crippen MR) is 234 cm³/mol. The first-order valence-electron chi connectivity index (χ1n) is 18.5. The lowest BCUT2D eigenvalue weighted by atomic mass is 9.93. The van der Waals surface area contributed by atoms with Crippen molar-refractivity contribution in [2.75, 3.05) is 5.32 Å². The lowest BCUT2D eigenvalue weighted by Gasteiger charge is -2.28. The van der Waals surface area contributed by atoms with Crippen LogP contribution in [0.1, 0.15) is 19.3 Å². The van der Waals surface area contributed by atoms with Gasteiger partial charge in [0, 0.05) is 18.5 Å². The summed E-state index contributed by atoms with van der Waals surface area (Å²) in [4.78, 5) is 24.0. The summed E-state index contributed by atoms with van der Waals surface area (Å²) in [5.74, 6) is -1.09. The molecule has 0 fully saturated rings. The molecule has 268 valence electrons. The molecule has 0 spiro atoms. The highest BCUT2D eigenvalue weighted by Gasteiger charge is 2.28. The Morgan fingerprint density at radius 1 is 0.455 bits per heavy atom. The van der Waals surface area contributed by atoms with Crippen molar-refractivity contribution in [2.24, 2.45) is 0 Å². The molecule has 4 nitrogen and oxygen atoms in total. The lowest BCUT2D eigenvalue weighted by molar-refractivity contribution is -0.137. The first kappa shape index (κ1) is 36.1. The Morgan fingerprint density at radius 2 is 0.891 bits per heavy atom. The van der Waals surface area contributed by atoms with Crippen molar-refractivity contribution in [3.8, 4) is 11.1 Å². The molecular weight excluding hydrogens is 712 g/mol. The molecule has 2 N–H and O–H groups in total. The molecule has 0 heterocycles. The smallest absolute Gasteiger partial charge is 0.303 e. The van der Waals surface area contributed by atoms with Crippen LogP contribution in [0.25, 0.3) is 32.7 Å². The van der Waals surface area contributed by atoms with Crippen LogP contribution in [0.5, 0.6) is 0 Å². The molecular formula is C49H39NO3P2. The maximum absolute atomic E-state index is 12.9. The highest BCUT2D eigenvalue weighted by Crippen LogP contribution is 2.46. The Bertz CT molecular complexity index is 2520. The van der Waals surface area contributed by atoms with Gasteiger partial charge < -0.3 is 10.4 Å². The topological polar surface area (TPSA) is 66.4 Å². The Kier molecular flexibility index (Phi) is 10.9. The van der Waals surface area contributed by atoms with Crippen LogP contribution in [0, 0.1) is 0 Å². The summed E-state index contributed by atoms with van der Waals surface area (Å²) in [5.41, 5.74) is 3.11. The molecule has 0 radical (unpaired) electrons. The minimum absolute atomic E-state index is 0.0368. The Labute approximate surface area is 324 Å². The number of amides is 1. The highest BCUT2D eigenvalue weighted by atomic mass is 31.1. The van der Waals surface area contributed by atoms with Gasteiger partial charge in [0.1, 0.15) is 0 Å². The summed E-state index contributed by atoms with van der Waals surface area (Å²) in [6.07, 6.45) is 0.403. The molecule has 0 saturated carbocycles. The van der Waals surface area contributed by atoms with Gasteiger partial charge >= 0.3 is 5.97 Å². The van der Waals surface area contributed by atoms with E-state index in [2.05, 4.69) is 181 Å². The van der Waals surface area contributed by atoms with E-state index in [4.69, 9.17) is 5.11 Å². The summed E-state index contributed by atoms with van der Waals surface area (Å²) < 4.78 is 0. The molecule has 0 aliphatic heterocycles. The van der Waals surface area contributed by atoms with Gasteiger partial charge in [-0.25, -0.2) is 0 Å². The van der Waals surface area contributed by atoms with E-state index in [1.54, 1.807) is 0 Å². The van der Waals surface area contributed by atoms with E-state index in [9.17, 15) is 9.59 Å². The quantitative estimate of drug-likeness (QED) is 0.122. The van der Waals surface area contributed by atoms with Crippen molar-refractivity contribution in [1.29, 1.82) is 0 Å². The highest BCUT2D eigenvalue weighted by molar-refractivity contribution is 7.80. The van der Waals surface area contributed by atoms with Crippen molar-refractivity contribution in [1.82, 2.24) is 0 Å². The fourth-order valence-corrected chi connectivity index (χ4v) is 12.3. The van der Waals surface area contributed by atoms with Crippen LogP contribution in [0.3, 0.4) is 0 Å². The van der Waals surface area contributed by atoms with Gasteiger partial charge in [0.25, 0.3) is 0 Å². The van der Waals surface area contributed by atoms with Gasteiger partial charge in [0.2, 0.25) is 5.91 Å². The van der Waals surface area contributed by atoms with Gasteiger partial charge in [-0.15, -0.1) is 0 Å². The van der Waals surface area contributed by atoms with E-state index in [0.29, 0.717) is 12.1 Å². The SMILES string of the molecule is O=C(O)CCCC(=O)Nc1ccc2c(-c3c(P(c4ccccc4)c4ccccc4)ccc4ccccc34)c(P(c3ccccc3)c3ccccc3)ccc2c1. The first-order chi connectivity index (χ1) is 27.0. The second-order valence-electron chi connectivity index (χ2n) is 13.4. The number of aliphatic carboxylic acids is 1. The molecule has 8 rings (SSSR count). The van der Waals surface area contributed by atoms with E-state index >= 15 is 0 Å². The van der Waals surface area contributed by atoms with Crippen LogP contribution in [-0.4, -0.2) is 17.0 Å². The number of carbonyl (C=O) groups is 2. The van der Waals surface area contributed by atoms with Crippen molar-refractivity contribution in [3.05, 3.63) is 188 Å². The van der Waals surface area contributed by atoms with Gasteiger partial charge in [0.15, 0.2) is 0 Å². The summed E-state index contributed by atoms with van der Waals surface area (Å²) >= 11 is 0. The minimum Gasteiger partial charge on any atom is -0.481 e. The number of carbonyl (C=O) groups excluding carboxylic acids is 1. The molecule has 8 aromatic rings. The molecule has 8 aromatic carbocycles. The van der Waals surface area contributed by atoms with Gasteiger partial charge in [-0.05, 0) is 98.9 Å². The fraction of sp³-hybridized carbons (Fsp3) is 0.0612. The molecule has 0 aliphatic rings. The molecule has 0 unspecified atom stereocenters. The molecule has 0 atom stereocenters. The number of hydrogen-bond acceptors (Lipinski definition) is 2. The predicted octanol–water partition coefficient (Wildman–Crippen LogP) is 9.37. The van der Waals surface area contributed by atoms with E-state index in [-0.39, 0.29) is 18.7 Å². The van der Waals surface area contributed by atoms with Crippen LogP contribution in [-0.2, 0) is 9.59 Å². The summed E-state index contributed by atoms with van der Waals surface area (Å²) in [6.45, 7) is 0. The van der Waals surface area contributed by atoms with E-state index in [1.807, 2.05) is 12.1 Å². The molecule has 6 heteroatoms. The fourth-order valence-electron chi connectivity index (χ4n) is 7.34. The second-order valence-corrected chi connectivity index (χ2v) is 17.8. The molecule has 0 aromatic heterocycles. The van der Waals surface area contributed by atoms with E-state index < -0.39 is 21.8 Å². The van der Waals surface area contributed by atoms with Crippen LogP contribution < -0.4 is 37.1 Å². The monoisotopic (exact) mass is 751 g/mol. The number of carboxylic acids is 1. The third-order valence-electron chi connectivity index (χ3n) is 9.77. The third-order valence-corrected chi connectivity index (χ3v) is 14.7. The zero-order valence-corrected chi connectivity index (χ0v) is 32.0. The maximum atomic E-state index is 12.9. The largest absolute Gasteiger partial charge is 0.481 e. The number of nitrogens with one attached hydrogen (secondary N) is 1. The van der Waals surface area contributed by atoms with Crippen molar-refractivity contribution in [3.63, 3.8) is 0 Å². The lowest BCUT2D eigenvalue weighted by Crippen LogP contribution is -2.26. The number of rotatable bonds is 12. The normalized spacial score (nSPS) is 11.3. The first-order valence-corrected chi connectivity index (χ1v) is 21.1. The van der Waals surface area contributed by atoms with Crippen LogP contribution >= 0.6 is 15.8 Å². The van der Waals surface area contributed by atoms with Gasteiger partial charge in [-0.2, -0.15) is 0 Å². The van der Waals surface area contributed by atoms with Crippen LogP contribution in [0.4, 0.5) is 5.69 Å². The molecule has 1 amide bonds. The Morgan fingerprint density at radius 3 is 1.38 bits per heavy atom. The third kappa shape index (κ3) is 7.84. The van der Waals surface area contributed by atoms with Crippen LogP contribution in [0.2, 0.25) is 0 Å². The molecule has 55 heavy (non-hydrogen) atoms. The number of anilines is 1. The standard InChI is InChI=1S/C49H39NO3P2/c51-46(26-15-27-47(52)53)50-37-30-31-43-36(34-37)29-33-45(55(40-21-9-3-10-22-40)41-23-11-4-12-24-41)49(43)48-42-25-14-13-16-35(42)28-32-44(48)54(38-17-5-1-6-18-38)39-19-7-2-8-20-39/h1-14,16-25,28-34H,15,26-27H2,(H,50,51)(H,52,53). The van der Waals surface area contributed by atoms with Gasteiger partial charge in [0.05, 0.1) is 0 Å². The summed E-state index contributed by atoms with van der Waals surface area (Å²) in [5, 5.41) is 24.3. The van der Waals surface area contributed by atoms with Crippen molar-refractivity contribution >= 4 is 86.8 Å². The number of fused-ring (bicyclic) bond motifs is 2. The average Bonchev–Trinajstić information content (AvgIpc) is 3.22. The minimum atomic E-state index is -1.00. The van der Waals surface area contributed by atoms with Crippen molar-refractivity contribution < 1.29 is 14.7 Å². The molecule has 0 aliphatic carbocycles. The summed E-state index contributed by atoms with van der Waals surface area (Å²) in [6, 6.07) is 67.5.